The zero-order valence-corrected chi connectivity index (χ0v) is 26.7. The van der Waals surface area contributed by atoms with Gasteiger partial charge in [-0.3, -0.25) is 14.5 Å². The molecule has 2 heterocycles. The highest BCUT2D eigenvalue weighted by atomic mass is 35.5. The summed E-state index contributed by atoms with van der Waals surface area (Å²) in [6.07, 6.45) is 1.92. The van der Waals surface area contributed by atoms with Crippen LogP contribution in [0.3, 0.4) is 0 Å². The number of ether oxygens (including phenoxy) is 3. The van der Waals surface area contributed by atoms with E-state index in [1.807, 2.05) is 24.3 Å². The Morgan fingerprint density at radius 3 is 2.48 bits per heavy atom. The van der Waals surface area contributed by atoms with Crippen molar-refractivity contribution in [3.63, 3.8) is 0 Å². The molecule has 1 saturated heterocycles. The van der Waals surface area contributed by atoms with Gasteiger partial charge in [0.2, 0.25) is 5.13 Å². The molecule has 1 aromatic heterocycles. The van der Waals surface area contributed by atoms with Gasteiger partial charge in [-0.05, 0) is 60.0 Å². The number of nitrogens with zero attached hydrogens (tertiary/aromatic N) is 3. The van der Waals surface area contributed by atoms with Crippen LogP contribution in [0.4, 0.5) is 5.13 Å². The van der Waals surface area contributed by atoms with Crippen LogP contribution in [-0.2, 0) is 15.3 Å². The minimum absolute atomic E-state index is 0.0812. The molecule has 1 amide bonds. The van der Waals surface area contributed by atoms with Gasteiger partial charge >= 0.3 is 5.91 Å². The van der Waals surface area contributed by atoms with Gasteiger partial charge in [-0.15, -0.1) is 10.2 Å². The fourth-order valence-corrected chi connectivity index (χ4v) is 6.83. The first kappa shape index (κ1) is 31.4. The predicted octanol–water partition coefficient (Wildman–Crippen LogP) is 7.31. The lowest BCUT2D eigenvalue weighted by molar-refractivity contribution is -0.132. The monoisotopic (exact) mass is 651 g/mol. The molecule has 1 N–H and O–H groups in total. The third-order valence-corrected chi connectivity index (χ3v) is 9.45. The number of unbranched alkanes of at least 4 members (excludes halogenated alkanes) is 1. The maximum absolute atomic E-state index is 13.6. The summed E-state index contributed by atoms with van der Waals surface area (Å²) in [6, 6.07) is 18.3. The van der Waals surface area contributed by atoms with Crippen molar-refractivity contribution in [2.45, 2.75) is 35.9 Å². The number of amides is 1. The first-order valence-corrected chi connectivity index (χ1v) is 16.0. The number of ketones is 1. The van der Waals surface area contributed by atoms with Gasteiger partial charge in [0.15, 0.2) is 15.8 Å². The second-order valence-corrected chi connectivity index (χ2v) is 12.3. The molecule has 1 fully saturated rings. The van der Waals surface area contributed by atoms with E-state index in [1.165, 1.54) is 42.2 Å². The van der Waals surface area contributed by atoms with Gasteiger partial charge in [0.1, 0.15) is 11.5 Å². The zero-order valence-electron chi connectivity index (χ0n) is 24.3. The molecule has 0 bridgehead atoms. The third kappa shape index (κ3) is 6.54. The number of thioether (sulfide) groups is 1. The van der Waals surface area contributed by atoms with Crippen LogP contribution in [0, 0.1) is 0 Å². The number of methoxy groups -OCH3 is 2. The first-order valence-electron chi connectivity index (χ1n) is 13.8. The SMILES string of the molecule is CCCCOc1ccc(C(O)=C2C(=O)C(=O)N(c3nnc(SCc4ccccc4Cl)s3)C2c2ccc(OC)c(OC)c2)cc1. The van der Waals surface area contributed by atoms with Gasteiger partial charge in [-0.25, -0.2) is 0 Å². The van der Waals surface area contributed by atoms with Crippen LogP contribution >= 0.6 is 34.7 Å². The smallest absolute Gasteiger partial charge is 0.301 e. The van der Waals surface area contributed by atoms with E-state index in [0.717, 1.165) is 18.4 Å². The van der Waals surface area contributed by atoms with Crippen molar-refractivity contribution in [2.24, 2.45) is 0 Å². The Hall–Kier alpha value is -4.06. The van der Waals surface area contributed by atoms with E-state index >= 15 is 0 Å². The van der Waals surface area contributed by atoms with Gasteiger partial charge in [0.25, 0.3) is 5.78 Å². The summed E-state index contributed by atoms with van der Waals surface area (Å²) >= 11 is 8.90. The number of aliphatic hydroxyl groups excluding tert-OH is 1. The van der Waals surface area contributed by atoms with Gasteiger partial charge in [-0.1, -0.05) is 72.3 Å². The fourth-order valence-electron chi connectivity index (χ4n) is 4.68. The van der Waals surface area contributed by atoms with Crippen molar-refractivity contribution < 1.29 is 28.9 Å². The molecule has 44 heavy (non-hydrogen) atoms. The number of anilines is 1. The number of carbonyl (C=O) groups is 2. The summed E-state index contributed by atoms with van der Waals surface area (Å²) in [7, 11) is 3.01. The quantitative estimate of drug-likeness (QED) is 0.0421. The zero-order chi connectivity index (χ0) is 31.2. The molecule has 0 aliphatic carbocycles. The summed E-state index contributed by atoms with van der Waals surface area (Å²) in [5, 5.41) is 20.9. The summed E-state index contributed by atoms with van der Waals surface area (Å²) in [6.45, 7) is 2.66. The molecule has 1 aliphatic rings. The molecule has 4 aromatic rings. The molecule has 0 spiro atoms. The number of aromatic nitrogens is 2. The van der Waals surface area contributed by atoms with Crippen molar-refractivity contribution in [2.75, 3.05) is 25.7 Å². The number of hydrogen-bond donors (Lipinski definition) is 1. The highest BCUT2D eigenvalue weighted by Gasteiger charge is 2.48. The lowest BCUT2D eigenvalue weighted by atomic mass is 9.95. The molecular weight excluding hydrogens is 622 g/mol. The normalized spacial score (nSPS) is 15.9. The average Bonchev–Trinajstić information content (AvgIpc) is 3.62. The van der Waals surface area contributed by atoms with E-state index in [9.17, 15) is 14.7 Å². The summed E-state index contributed by atoms with van der Waals surface area (Å²) < 4.78 is 17.2. The Morgan fingerprint density at radius 2 is 1.77 bits per heavy atom. The van der Waals surface area contributed by atoms with Crippen LogP contribution < -0.4 is 19.1 Å². The number of Topliss-reactive ketones (excluding diaryl/α,β-unsaturated/α-hetero) is 1. The number of carbonyl (C=O) groups excluding carboxylic acids is 2. The average molecular weight is 652 g/mol. The predicted molar refractivity (Wildman–Crippen MR) is 172 cm³/mol. The van der Waals surface area contributed by atoms with Crippen molar-refractivity contribution in [3.8, 4) is 17.2 Å². The van der Waals surface area contributed by atoms with Gasteiger partial charge < -0.3 is 19.3 Å². The summed E-state index contributed by atoms with van der Waals surface area (Å²) in [5.74, 6) is 0.0741. The summed E-state index contributed by atoms with van der Waals surface area (Å²) in [5.41, 5.74) is 1.73. The number of benzene rings is 3. The summed E-state index contributed by atoms with van der Waals surface area (Å²) in [4.78, 5) is 28.5. The van der Waals surface area contributed by atoms with Crippen molar-refractivity contribution in [3.05, 3.63) is 94.0 Å². The molecule has 3 aromatic carbocycles. The molecular formula is C32H30ClN3O6S2. The molecule has 5 rings (SSSR count). The minimum atomic E-state index is -1.01. The van der Waals surface area contributed by atoms with E-state index in [4.69, 9.17) is 25.8 Å². The molecule has 1 unspecified atom stereocenters. The Morgan fingerprint density at radius 1 is 1.02 bits per heavy atom. The standard InChI is InChI=1S/C32H30ClN3O6S2/c1-4-5-16-42-22-13-10-19(11-14-22)28(37)26-27(20-12-15-24(40-2)25(17-20)41-3)36(30(39)29(26)38)31-34-35-32(44-31)43-18-21-8-6-7-9-23(21)33/h6-15,17,27,37H,4-5,16,18H2,1-3H3. The van der Waals surface area contributed by atoms with Crippen LogP contribution in [0.15, 0.2) is 76.6 Å². The number of aliphatic hydroxyl groups is 1. The van der Waals surface area contributed by atoms with Gasteiger partial charge in [-0.2, -0.15) is 0 Å². The van der Waals surface area contributed by atoms with E-state index in [2.05, 4.69) is 17.1 Å². The van der Waals surface area contributed by atoms with E-state index in [1.54, 1.807) is 42.5 Å². The maximum Gasteiger partial charge on any atom is 0.301 e. The van der Waals surface area contributed by atoms with Crippen LogP contribution in [-0.4, -0.2) is 47.8 Å². The topological polar surface area (TPSA) is 111 Å². The number of rotatable bonds is 12. The molecule has 0 radical (unpaired) electrons. The van der Waals surface area contributed by atoms with Gasteiger partial charge in [0, 0.05) is 16.3 Å². The van der Waals surface area contributed by atoms with E-state index in [-0.39, 0.29) is 16.5 Å². The second kappa shape index (κ2) is 14.1. The molecule has 9 nitrogen and oxygen atoms in total. The van der Waals surface area contributed by atoms with E-state index in [0.29, 0.717) is 50.1 Å². The van der Waals surface area contributed by atoms with Gasteiger partial charge in [0.05, 0.1) is 32.4 Å². The number of hydrogen-bond acceptors (Lipinski definition) is 10. The lowest BCUT2D eigenvalue weighted by Gasteiger charge is -2.23. The second-order valence-electron chi connectivity index (χ2n) is 9.74. The van der Waals surface area contributed by atoms with E-state index < -0.39 is 17.7 Å². The van der Waals surface area contributed by atoms with Crippen LogP contribution in [0.1, 0.15) is 42.5 Å². The van der Waals surface area contributed by atoms with Crippen LogP contribution in [0.25, 0.3) is 5.76 Å². The highest BCUT2D eigenvalue weighted by molar-refractivity contribution is 8.00. The fraction of sp³-hybridized carbons (Fsp3) is 0.250. The first-order chi connectivity index (χ1) is 21.4. The number of halogens is 1. The molecule has 0 saturated carbocycles. The van der Waals surface area contributed by atoms with Crippen molar-refractivity contribution in [1.29, 1.82) is 0 Å². The Bertz CT molecular complexity index is 1690. The molecule has 228 valence electrons. The van der Waals surface area contributed by atoms with Crippen LogP contribution in [0.2, 0.25) is 5.02 Å². The maximum atomic E-state index is 13.6. The Kier molecular flexibility index (Phi) is 10.1. The Labute approximate surface area is 268 Å². The molecule has 12 heteroatoms. The molecule has 1 atom stereocenters. The highest BCUT2D eigenvalue weighted by Crippen LogP contribution is 2.45. The van der Waals surface area contributed by atoms with Crippen LogP contribution in [0.5, 0.6) is 17.2 Å². The van der Waals surface area contributed by atoms with Crippen molar-refractivity contribution in [1.82, 2.24) is 10.2 Å². The lowest BCUT2D eigenvalue weighted by Crippen LogP contribution is -2.29. The minimum Gasteiger partial charge on any atom is -0.507 e. The molecule has 1 aliphatic heterocycles. The largest absolute Gasteiger partial charge is 0.507 e. The third-order valence-electron chi connectivity index (χ3n) is 6.97. The van der Waals surface area contributed by atoms with Crippen molar-refractivity contribution >= 4 is 57.3 Å². The Balaban J connectivity index is 1.54.